The number of Topliss-reactive ketones (excluding diaryl/α,β-unsaturated/α-hetero) is 1. The standard InChI is InChI=1S/C25H22N2O5S/c1-3-31-19-11-9-18(10-12-19)20(28)13-27-15-26-23-21(24(27)29)16(2)22(33-23)25(30)32-14-17-7-5-4-6-8-17/h4-12,15H,3,13-14H2,1-2H3. The zero-order valence-corrected chi connectivity index (χ0v) is 19.1. The van der Waals surface area contributed by atoms with Crippen molar-refractivity contribution in [2.24, 2.45) is 0 Å². The summed E-state index contributed by atoms with van der Waals surface area (Å²) in [5.41, 5.74) is 1.49. The molecule has 4 rings (SSSR count). The van der Waals surface area contributed by atoms with Crippen molar-refractivity contribution < 1.29 is 19.1 Å². The highest BCUT2D eigenvalue weighted by atomic mass is 32.1. The van der Waals surface area contributed by atoms with Gasteiger partial charge in [-0.2, -0.15) is 0 Å². The average molecular weight is 463 g/mol. The Morgan fingerprint density at radius 2 is 1.79 bits per heavy atom. The van der Waals surface area contributed by atoms with E-state index in [2.05, 4.69) is 4.98 Å². The maximum atomic E-state index is 13.1. The lowest BCUT2D eigenvalue weighted by atomic mass is 10.1. The second kappa shape index (κ2) is 9.79. The lowest BCUT2D eigenvalue weighted by Gasteiger charge is -2.07. The van der Waals surface area contributed by atoms with Crippen LogP contribution in [0.2, 0.25) is 0 Å². The highest BCUT2D eigenvalue weighted by molar-refractivity contribution is 7.20. The maximum absolute atomic E-state index is 13.1. The van der Waals surface area contributed by atoms with Gasteiger partial charge < -0.3 is 9.47 Å². The first kappa shape index (κ1) is 22.4. The first-order valence-corrected chi connectivity index (χ1v) is 11.2. The van der Waals surface area contributed by atoms with Gasteiger partial charge in [0.15, 0.2) is 5.78 Å². The van der Waals surface area contributed by atoms with Crippen molar-refractivity contribution in [3.05, 3.63) is 92.8 Å². The van der Waals surface area contributed by atoms with Crippen molar-refractivity contribution in [1.29, 1.82) is 0 Å². The fourth-order valence-electron chi connectivity index (χ4n) is 3.40. The van der Waals surface area contributed by atoms with Crippen molar-refractivity contribution in [2.45, 2.75) is 27.0 Å². The molecule has 168 valence electrons. The summed E-state index contributed by atoms with van der Waals surface area (Å²) in [6, 6.07) is 16.1. The van der Waals surface area contributed by atoms with E-state index in [0.29, 0.717) is 38.6 Å². The van der Waals surface area contributed by atoms with Crippen molar-refractivity contribution in [3.63, 3.8) is 0 Å². The summed E-state index contributed by atoms with van der Waals surface area (Å²) in [5.74, 6) is -0.0534. The average Bonchev–Trinajstić information content (AvgIpc) is 3.17. The Bertz CT molecular complexity index is 1360. The van der Waals surface area contributed by atoms with Crippen LogP contribution in [0, 0.1) is 6.92 Å². The second-order valence-electron chi connectivity index (χ2n) is 7.36. The van der Waals surface area contributed by atoms with Crippen LogP contribution in [0.3, 0.4) is 0 Å². The summed E-state index contributed by atoms with van der Waals surface area (Å²) < 4.78 is 12.1. The first-order valence-electron chi connectivity index (χ1n) is 10.4. The van der Waals surface area contributed by atoms with Crippen LogP contribution in [0.4, 0.5) is 0 Å². The zero-order chi connectivity index (χ0) is 23.4. The molecule has 0 fully saturated rings. The number of benzene rings is 2. The number of aryl methyl sites for hydroxylation is 1. The van der Waals surface area contributed by atoms with Crippen molar-refractivity contribution in [1.82, 2.24) is 9.55 Å². The zero-order valence-electron chi connectivity index (χ0n) is 18.2. The van der Waals surface area contributed by atoms with Gasteiger partial charge in [0, 0.05) is 5.56 Å². The second-order valence-corrected chi connectivity index (χ2v) is 8.36. The number of hydrogen-bond acceptors (Lipinski definition) is 7. The molecule has 33 heavy (non-hydrogen) atoms. The minimum absolute atomic E-state index is 0.140. The van der Waals surface area contributed by atoms with E-state index in [9.17, 15) is 14.4 Å². The number of rotatable bonds is 8. The Balaban J connectivity index is 1.54. The number of carbonyl (C=O) groups is 2. The monoisotopic (exact) mass is 462 g/mol. The quantitative estimate of drug-likeness (QED) is 0.285. The lowest BCUT2D eigenvalue weighted by Crippen LogP contribution is -2.24. The molecule has 0 amide bonds. The Morgan fingerprint density at radius 1 is 1.06 bits per heavy atom. The third kappa shape index (κ3) is 4.85. The number of ether oxygens (including phenoxy) is 2. The molecule has 4 aromatic rings. The minimum atomic E-state index is -0.504. The molecule has 0 saturated heterocycles. The number of aromatic nitrogens is 2. The van der Waals surface area contributed by atoms with E-state index in [1.165, 1.54) is 10.9 Å². The molecule has 2 aromatic heterocycles. The predicted molar refractivity (Wildman–Crippen MR) is 126 cm³/mol. The molecular weight excluding hydrogens is 440 g/mol. The summed E-state index contributed by atoms with van der Waals surface area (Å²) in [4.78, 5) is 43.5. The molecule has 0 aliphatic heterocycles. The van der Waals surface area contributed by atoms with Crippen molar-refractivity contribution >= 4 is 33.3 Å². The number of ketones is 1. The molecule has 0 atom stereocenters. The van der Waals surface area contributed by atoms with Gasteiger partial charge in [-0.15, -0.1) is 11.3 Å². The van der Waals surface area contributed by atoms with Crippen molar-refractivity contribution in [2.75, 3.05) is 6.61 Å². The van der Waals surface area contributed by atoms with E-state index in [1.807, 2.05) is 37.3 Å². The van der Waals surface area contributed by atoms with Gasteiger partial charge >= 0.3 is 5.97 Å². The van der Waals surface area contributed by atoms with Gasteiger partial charge in [0.2, 0.25) is 0 Å². The van der Waals surface area contributed by atoms with Crippen LogP contribution in [0.5, 0.6) is 5.75 Å². The van der Waals surface area contributed by atoms with Gasteiger partial charge in [0.05, 0.1) is 24.9 Å². The number of thiophene rings is 1. The van der Waals surface area contributed by atoms with Crippen LogP contribution in [0.15, 0.2) is 65.7 Å². The number of carbonyl (C=O) groups excluding carboxylic acids is 2. The third-order valence-corrected chi connectivity index (χ3v) is 6.30. The molecule has 0 spiro atoms. The summed E-state index contributed by atoms with van der Waals surface area (Å²) in [6.07, 6.45) is 1.34. The Morgan fingerprint density at radius 3 is 2.48 bits per heavy atom. The SMILES string of the molecule is CCOc1ccc(C(=O)Cn2cnc3sc(C(=O)OCc4ccccc4)c(C)c3c2=O)cc1. The molecule has 0 aliphatic carbocycles. The summed E-state index contributed by atoms with van der Waals surface area (Å²) >= 11 is 1.11. The maximum Gasteiger partial charge on any atom is 0.349 e. The molecule has 0 bridgehead atoms. The van der Waals surface area contributed by atoms with E-state index < -0.39 is 5.97 Å². The van der Waals surface area contributed by atoms with Gasteiger partial charge in [-0.25, -0.2) is 9.78 Å². The van der Waals surface area contributed by atoms with E-state index in [4.69, 9.17) is 9.47 Å². The summed E-state index contributed by atoms with van der Waals surface area (Å²) in [6.45, 7) is 4.10. The fraction of sp³-hybridized carbons (Fsp3) is 0.200. The number of nitrogens with zero attached hydrogens (tertiary/aromatic N) is 2. The van der Waals surface area contributed by atoms with E-state index in [-0.39, 0.29) is 24.5 Å². The molecule has 0 N–H and O–H groups in total. The fourth-order valence-corrected chi connectivity index (χ4v) is 4.44. The first-order chi connectivity index (χ1) is 16.0. The highest BCUT2D eigenvalue weighted by Gasteiger charge is 2.21. The largest absolute Gasteiger partial charge is 0.494 e. The highest BCUT2D eigenvalue weighted by Crippen LogP contribution is 2.27. The molecule has 2 aromatic carbocycles. The smallest absolute Gasteiger partial charge is 0.349 e. The molecule has 0 radical (unpaired) electrons. The molecule has 0 unspecified atom stereocenters. The molecular formula is C25H22N2O5S. The number of fused-ring (bicyclic) bond motifs is 1. The Hall–Kier alpha value is -3.78. The van der Waals surface area contributed by atoms with Gasteiger partial charge in [0.1, 0.15) is 22.1 Å². The minimum Gasteiger partial charge on any atom is -0.494 e. The molecule has 7 nitrogen and oxygen atoms in total. The van der Waals surface area contributed by atoms with E-state index in [0.717, 1.165) is 16.9 Å². The van der Waals surface area contributed by atoms with Crippen LogP contribution in [-0.4, -0.2) is 27.9 Å². The van der Waals surface area contributed by atoms with E-state index >= 15 is 0 Å². The van der Waals surface area contributed by atoms with E-state index in [1.54, 1.807) is 31.2 Å². The van der Waals surface area contributed by atoms with Crippen LogP contribution < -0.4 is 10.3 Å². The van der Waals surface area contributed by atoms with Crippen LogP contribution >= 0.6 is 11.3 Å². The number of esters is 1. The molecule has 0 saturated carbocycles. The lowest BCUT2D eigenvalue weighted by molar-refractivity contribution is 0.0477. The van der Waals surface area contributed by atoms with Gasteiger partial charge in [-0.3, -0.25) is 14.2 Å². The van der Waals surface area contributed by atoms with Crippen LogP contribution in [0.25, 0.3) is 10.2 Å². The van der Waals surface area contributed by atoms with Crippen LogP contribution in [0.1, 0.15) is 38.1 Å². The molecule has 2 heterocycles. The predicted octanol–water partition coefficient (Wildman–Crippen LogP) is 4.41. The van der Waals surface area contributed by atoms with Gasteiger partial charge in [0.25, 0.3) is 5.56 Å². The van der Waals surface area contributed by atoms with Gasteiger partial charge in [-0.1, -0.05) is 30.3 Å². The Labute approximate surface area is 194 Å². The molecule has 8 heteroatoms. The van der Waals surface area contributed by atoms with Gasteiger partial charge in [-0.05, 0) is 49.2 Å². The third-order valence-electron chi connectivity index (χ3n) is 5.12. The number of hydrogen-bond donors (Lipinski definition) is 0. The Kier molecular flexibility index (Phi) is 6.65. The summed E-state index contributed by atoms with van der Waals surface area (Å²) in [7, 11) is 0. The van der Waals surface area contributed by atoms with Crippen molar-refractivity contribution in [3.8, 4) is 5.75 Å². The molecule has 0 aliphatic rings. The van der Waals surface area contributed by atoms with Crippen LogP contribution in [-0.2, 0) is 17.9 Å². The normalized spacial score (nSPS) is 10.8. The summed E-state index contributed by atoms with van der Waals surface area (Å²) in [5, 5.41) is 0.327. The topological polar surface area (TPSA) is 87.5 Å².